The lowest BCUT2D eigenvalue weighted by Gasteiger charge is -2.32. The average molecular weight is 379 g/mol. The van der Waals surface area contributed by atoms with Crippen LogP contribution >= 0.6 is 11.8 Å². The monoisotopic (exact) mass is 378 g/mol. The van der Waals surface area contributed by atoms with Crippen molar-refractivity contribution < 1.29 is 4.79 Å². The number of anilines is 2. The van der Waals surface area contributed by atoms with E-state index in [0.717, 1.165) is 13.0 Å². The number of carbonyl (C=O) groups is 1. The van der Waals surface area contributed by atoms with Crippen molar-refractivity contribution in [3.8, 4) is 0 Å². The van der Waals surface area contributed by atoms with Gasteiger partial charge in [-0.1, -0.05) is 36.0 Å². The van der Waals surface area contributed by atoms with Gasteiger partial charge in [-0.25, -0.2) is 0 Å². The molecule has 0 fully saturated rings. The maximum Gasteiger partial charge on any atom is 0.221 e. The number of amides is 1. The van der Waals surface area contributed by atoms with Crippen LogP contribution < -0.4 is 10.2 Å². The molecule has 1 amide bonds. The van der Waals surface area contributed by atoms with Crippen LogP contribution in [0, 0.1) is 0 Å². The van der Waals surface area contributed by atoms with Gasteiger partial charge in [0.05, 0.1) is 11.4 Å². The summed E-state index contributed by atoms with van der Waals surface area (Å²) < 4.78 is 1.78. The molecule has 0 bridgehead atoms. The molecule has 2 heterocycles. The highest BCUT2D eigenvalue weighted by atomic mass is 32.2. The second-order valence-corrected chi connectivity index (χ2v) is 7.50. The Morgan fingerprint density at radius 2 is 1.67 bits per heavy atom. The summed E-state index contributed by atoms with van der Waals surface area (Å²) in [6, 6.07) is 18.9. The lowest BCUT2D eigenvalue weighted by Crippen LogP contribution is -2.29. The van der Waals surface area contributed by atoms with Crippen LogP contribution in [0.1, 0.15) is 12.8 Å². The number of benzene rings is 2. The first kappa shape index (κ1) is 17.7. The zero-order valence-electron chi connectivity index (χ0n) is 15.0. The Kier molecular flexibility index (Phi) is 5.44. The summed E-state index contributed by atoms with van der Waals surface area (Å²) in [6.07, 6.45) is 4.94. The lowest BCUT2D eigenvalue weighted by molar-refractivity contribution is -0.121. The van der Waals surface area contributed by atoms with Crippen LogP contribution in [0.5, 0.6) is 0 Å². The van der Waals surface area contributed by atoms with Crippen molar-refractivity contribution in [1.82, 2.24) is 15.1 Å². The molecule has 1 aliphatic heterocycles. The van der Waals surface area contributed by atoms with E-state index in [0.29, 0.717) is 19.5 Å². The number of fused-ring (bicyclic) bond motifs is 2. The van der Waals surface area contributed by atoms with Crippen LogP contribution in [0.15, 0.2) is 76.8 Å². The molecule has 6 heteroatoms. The molecule has 0 unspecified atom stereocenters. The van der Waals surface area contributed by atoms with Gasteiger partial charge >= 0.3 is 0 Å². The summed E-state index contributed by atoms with van der Waals surface area (Å²) in [7, 11) is 0. The minimum absolute atomic E-state index is 0.0699. The standard InChI is InChI=1S/C21H22N4OS/c26-21(11-16-24-14-6-13-23-24)22-12-5-15-25-17-7-1-3-9-19(17)27-20-10-4-2-8-18(20)25/h1-4,6-10,13-14H,5,11-12,15-16H2,(H,22,26). The minimum atomic E-state index is 0.0699. The van der Waals surface area contributed by atoms with Crippen LogP contribution in [0.4, 0.5) is 11.4 Å². The molecule has 27 heavy (non-hydrogen) atoms. The lowest BCUT2D eigenvalue weighted by atomic mass is 10.2. The van der Waals surface area contributed by atoms with E-state index < -0.39 is 0 Å². The fourth-order valence-corrected chi connectivity index (χ4v) is 4.32. The highest BCUT2D eigenvalue weighted by molar-refractivity contribution is 7.99. The predicted molar refractivity (Wildman–Crippen MR) is 108 cm³/mol. The third-order valence-corrected chi connectivity index (χ3v) is 5.67. The van der Waals surface area contributed by atoms with E-state index in [4.69, 9.17) is 0 Å². The summed E-state index contributed by atoms with van der Waals surface area (Å²) in [5, 5.41) is 7.14. The highest BCUT2D eigenvalue weighted by Crippen LogP contribution is 2.47. The van der Waals surface area contributed by atoms with Crippen LogP contribution in [0.3, 0.4) is 0 Å². The van der Waals surface area contributed by atoms with E-state index in [2.05, 4.69) is 63.8 Å². The van der Waals surface area contributed by atoms with Gasteiger partial charge < -0.3 is 10.2 Å². The number of nitrogens with one attached hydrogen (secondary N) is 1. The first-order valence-electron chi connectivity index (χ1n) is 9.19. The molecule has 1 aliphatic rings. The molecule has 5 nitrogen and oxygen atoms in total. The van der Waals surface area contributed by atoms with Crippen molar-refractivity contribution in [2.45, 2.75) is 29.2 Å². The largest absolute Gasteiger partial charge is 0.356 e. The van der Waals surface area contributed by atoms with E-state index in [1.807, 2.05) is 24.0 Å². The van der Waals surface area contributed by atoms with Crippen molar-refractivity contribution in [3.05, 3.63) is 67.0 Å². The summed E-state index contributed by atoms with van der Waals surface area (Å²) in [4.78, 5) is 16.9. The second kappa shape index (κ2) is 8.31. The van der Waals surface area contributed by atoms with Gasteiger partial charge in [0.15, 0.2) is 0 Å². The van der Waals surface area contributed by atoms with Crippen LogP contribution in [-0.4, -0.2) is 28.8 Å². The summed E-state index contributed by atoms with van der Waals surface area (Å²) in [5.74, 6) is 0.0699. The Labute approximate surface area is 163 Å². The van der Waals surface area contributed by atoms with Crippen molar-refractivity contribution in [2.75, 3.05) is 18.0 Å². The average Bonchev–Trinajstić information content (AvgIpc) is 3.22. The van der Waals surface area contributed by atoms with Crippen LogP contribution in [0.2, 0.25) is 0 Å². The third kappa shape index (κ3) is 4.17. The minimum Gasteiger partial charge on any atom is -0.356 e. The number of para-hydroxylation sites is 2. The number of aromatic nitrogens is 2. The summed E-state index contributed by atoms with van der Waals surface area (Å²) in [6.45, 7) is 2.16. The Morgan fingerprint density at radius 1 is 0.963 bits per heavy atom. The first-order chi connectivity index (χ1) is 13.3. The van der Waals surface area contributed by atoms with Gasteiger partial charge in [0, 0.05) is 48.2 Å². The summed E-state index contributed by atoms with van der Waals surface area (Å²) >= 11 is 1.82. The Morgan fingerprint density at radius 3 is 2.33 bits per heavy atom. The van der Waals surface area contributed by atoms with Crippen molar-refractivity contribution in [3.63, 3.8) is 0 Å². The molecule has 1 aromatic heterocycles. The molecular formula is C21H22N4OS. The Hall–Kier alpha value is -2.73. The van der Waals surface area contributed by atoms with Gasteiger partial charge in [0.2, 0.25) is 5.91 Å². The SMILES string of the molecule is O=C(CCn1cccn1)NCCCN1c2ccccc2Sc2ccccc21. The molecule has 0 saturated carbocycles. The van der Waals surface area contributed by atoms with Gasteiger partial charge in [0.25, 0.3) is 0 Å². The van der Waals surface area contributed by atoms with Gasteiger partial charge in [-0.05, 0) is 36.8 Å². The van der Waals surface area contributed by atoms with Gasteiger partial charge in [-0.2, -0.15) is 5.10 Å². The molecule has 0 spiro atoms. The zero-order chi connectivity index (χ0) is 18.5. The summed E-state index contributed by atoms with van der Waals surface area (Å²) in [5.41, 5.74) is 2.48. The van der Waals surface area contributed by atoms with Crippen molar-refractivity contribution in [2.24, 2.45) is 0 Å². The third-order valence-electron chi connectivity index (χ3n) is 4.54. The number of aryl methyl sites for hydroxylation is 1. The second-order valence-electron chi connectivity index (χ2n) is 6.41. The molecule has 4 rings (SSSR count). The number of hydrogen-bond donors (Lipinski definition) is 1. The molecule has 3 aromatic rings. The van der Waals surface area contributed by atoms with Crippen molar-refractivity contribution in [1.29, 1.82) is 0 Å². The van der Waals surface area contributed by atoms with Crippen LogP contribution in [0.25, 0.3) is 0 Å². The molecule has 1 N–H and O–H groups in total. The van der Waals surface area contributed by atoms with E-state index in [9.17, 15) is 4.79 Å². The maximum atomic E-state index is 12.0. The van der Waals surface area contributed by atoms with E-state index in [1.165, 1.54) is 21.2 Å². The molecule has 0 atom stereocenters. The normalized spacial score (nSPS) is 12.4. The van der Waals surface area contributed by atoms with Crippen LogP contribution in [-0.2, 0) is 11.3 Å². The van der Waals surface area contributed by atoms with E-state index in [1.54, 1.807) is 10.9 Å². The molecule has 2 aromatic carbocycles. The molecular weight excluding hydrogens is 356 g/mol. The Balaban J connectivity index is 1.32. The highest BCUT2D eigenvalue weighted by Gasteiger charge is 2.22. The van der Waals surface area contributed by atoms with E-state index >= 15 is 0 Å². The quantitative estimate of drug-likeness (QED) is 0.630. The molecule has 0 radical (unpaired) electrons. The molecule has 0 saturated heterocycles. The first-order valence-corrected chi connectivity index (χ1v) is 10.0. The van der Waals surface area contributed by atoms with Gasteiger partial charge in [-0.3, -0.25) is 9.48 Å². The number of hydrogen-bond acceptors (Lipinski definition) is 4. The van der Waals surface area contributed by atoms with Gasteiger partial charge in [-0.15, -0.1) is 0 Å². The fourth-order valence-electron chi connectivity index (χ4n) is 3.22. The molecule has 138 valence electrons. The smallest absolute Gasteiger partial charge is 0.221 e. The number of nitrogens with zero attached hydrogens (tertiary/aromatic N) is 3. The molecule has 0 aliphatic carbocycles. The predicted octanol–water partition coefficient (Wildman–Crippen LogP) is 4.08. The zero-order valence-corrected chi connectivity index (χ0v) is 15.9. The fraction of sp³-hybridized carbons (Fsp3) is 0.238. The number of rotatable bonds is 7. The topological polar surface area (TPSA) is 50.2 Å². The van der Waals surface area contributed by atoms with Gasteiger partial charge in [0.1, 0.15) is 0 Å². The maximum absolute atomic E-state index is 12.0. The Bertz CT molecular complexity index is 865. The van der Waals surface area contributed by atoms with E-state index in [-0.39, 0.29) is 5.91 Å². The van der Waals surface area contributed by atoms with Crippen molar-refractivity contribution >= 4 is 29.0 Å². The number of carbonyl (C=O) groups excluding carboxylic acids is 1.